The van der Waals surface area contributed by atoms with Gasteiger partial charge in [0.1, 0.15) is 6.61 Å². The van der Waals surface area contributed by atoms with Crippen molar-refractivity contribution in [1.29, 1.82) is 0 Å². The molecule has 0 unspecified atom stereocenters. The van der Waals surface area contributed by atoms with Crippen LogP contribution in [0.1, 0.15) is 26.7 Å². The van der Waals surface area contributed by atoms with Crippen LogP contribution in [0.5, 0.6) is 0 Å². The lowest BCUT2D eigenvalue weighted by Gasteiger charge is -2.03. The topological polar surface area (TPSA) is 76.7 Å². The number of amidine groups is 1. The molecule has 0 aromatic heterocycles. The highest BCUT2D eigenvalue weighted by Gasteiger charge is 1.97. The van der Waals surface area contributed by atoms with Gasteiger partial charge in [0.15, 0.2) is 0 Å². The SMILES string of the molecule is CCC(N)=N/C(=C/CNC(=O)COC)CC. The number of amides is 1. The zero-order valence-corrected chi connectivity index (χ0v) is 10.2. The number of hydrogen-bond donors (Lipinski definition) is 2. The average Bonchev–Trinajstić information content (AvgIpc) is 2.27. The van der Waals surface area contributed by atoms with E-state index in [-0.39, 0.29) is 12.5 Å². The second-order valence-corrected chi connectivity index (χ2v) is 3.24. The maximum Gasteiger partial charge on any atom is 0.246 e. The molecule has 0 bridgehead atoms. The van der Waals surface area contributed by atoms with Crippen LogP contribution in [0.2, 0.25) is 0 Å². The van der Waals surface area contributed by atoms with Gasteiger partial charge in [0.2, 0.25) is 5.91 Å². The van der Waals surface area contributed by atoms with Gasteiger partial charge >= 0.3 is 0 Å². The fourth-order valence-corrected chi connectivity index (χ4v) is 0.997. The molecule has 0 aliphatic carbocycles. The van der Waals surface area contributed by atoms with Gasteiger partial charge in [-0.25, -0.2) is 4.99 Å². The molecule has 0 saturated heterocycles. The highest BCUT2D eigenvalue weighted by molar-refractivity contribution is 5.81. The summed E-state index contributed by atoms with van der Waals surface area (Å²) in [5.41, 5.74) is 6.52. The number of nitrogens with zero attached hydrogens (tertiary/aromatic N) is 1. The van der Waals surface area contributed by atoms with Gasteiger partial charge in [-0.1, -0.05) is 13.8 Å². The summed E-state index contributed by atoms with van der Waals surface area (Å²) in [7, 11) is 1.49. The lowest BCUT2D eigenvalue weighted by Crippen LogP contribution is -2.27. The third-order valence-corrected chi connectivity index (χ3v) is 1.92. The van der Waals surface area contributed by atoms with E-state index in [0.717, 1.165) is 18.5 Å². The Morgan fingerprint density at radius 1 is 1.44 bits per heavy atom. The van der Waals surface area contributed by atoms with Crippen molar-refractivity contribution < 1.29 is 9.53 Å². The zero-order valence-electron chi connectivity index (χ0n) is 10.2. The van der Waals surface area contributed by atoms with Crippen molar-refractivity contribution in [3.05, 3.63) is 11.8 Å². The van der Waals surface area contributed by atoms with E-state index in [1.54, 1.807) is 0 Å². The summed E-state index contributed by atoms with van der Waals surface area (Å²) in [4.78, 5) is 15.3. The second-order valence-electron chi connectivity index (χ2n) is 3.24. The summed E-state index contributed by atoms with van der Waals surface area (Å²) in [6, 6.07) is 0. The Hall–Kier alpha value is -1.36. The molecule has 1 amide bonds. The Bertz CT molecular complexity index is 272. The number of nitrogens with one attached hydrogen (secondary N) is 1. The Labute approximate surface area is 96.8 Å². The van der Waals surface area contributed by atoms with Crippen molar-refractivity contribution in [3.63, 3.8) is 0 Å². The molecule has 0 radical (unpaired) electrons. The largest absolute Gasteiger partial charge is 0.387 e. The third-order valence-electron chi connectivity index (χ3n) is 1.92. The summed E-state index contributed by atoms with van der Waals surface area (Å²) in [5, 5.41) is 2.69. The molecule has 5 heteroatoms. The van der Waals surface area contributed by atoms with E-state index in [1.807, 2.05) is 19.9 Å². The number of rotatable bonds is 7. The number of ether oxygens (including phenoxy) is 1. The number of carbonyl (C=O) groups is 1. The first-order valence-corrected chi connectivity index (χ1v) is 5.41. The fraction of sp³-hybridized carbons (Fsp3) is 0.636. The first kappa shape index (κ1) is 14.6. The van der Waals surface area contributed by atoms with E-state index >= 15 is 0 Å². The van der Waals surface area contributed by atoms with Crippen LogP contribution >= 0.6 is 0 Å². The van der Waals surface area contributed by atoms with Crippen molar-refractivity contribution in [1.82, 2.24) is 5.32 Å². The van der Waals surface area contributed by atoms with Crippen LogP contribution in [0.25, 0.3) is 0 Å². The van der Waals surface area contributed by atoms with Gasteiger partial charge in [-0.05, 0) is 12.5 Å². The van der Waals surface area contributed by atoms with Gasteiger partial charge in [0.05, 0.1) is 5.84 Å². The number of aliphatic imine (C=N–C) groups is 1. The second kappa shape index (κ2) is 8.91. The predicted molar refractivity (Wildman–Crippen MR) is 65.2 cm³/mol. The normalized spacial score (nSPS) is 12.7. The number of methoxy groups -OCH3 is 1. The minimum atomic E-state index is -0.137. The van der Waals surface area contributed by atoms with Crippen molar-refractivity contribution in [2.75, 3.05) is 20.3 Å². The number of allylic oxidation sites excluding steroid dienone is 1. The Balaban J connectivity index is 4.13. The molecular weight excluding hydrogens is 206 g/mol. The summed E-state index contributed by atoms with van der Waals surface area (Å²) in [6.07, 6.45) is 3.38. The summed E-state index contributed by atoms with van der Waals surface area (Å²) < 4.78 is 4.69. The molecule has 0 fully saturated rings. The van der Waals surface area contributed by atoms with Crippen LogP contribution in [0, 0.1) is 0 Å². The van der Waals surface area contributed by atoms with Crippen LogP contribution in [-0.4, -0.2) is 32.0 Å². The molecule has 0 aliphatic heterocycles. The summed E-state index contributed by atoms with van der Waals surface area (Å²) >= 11 is 0. The van der Waals surface area contributed by atoms with E-state index < -0.39 is 0 Å². The van der Waals surface area contributed by atoms with E-state index in [4.69, 9.17) is 5.73 Å². The van der Waals surface area contributed by atoms with Gasteiger partial charge < -0.3 is 15.8 Å². The molecule has 0 aromatic rings. The molecule has 16 heavy (non-hydrogen) atoms. The molecular formula is C11H21N3O2. The molecule has 92 valence electrons. The smallest absolute Gasteiger partial charge is 0.246 e. The summed E-state index contributed by atoms with van der Waals surface area (Å²) in [5.74, 6) is 0.470. The van der Waals surface area contributed by atoms with E-state index in [1.165, 1.54) is 7.11 Å². The first-order valence-electron chi connectivity index (χ1n) is 5.41. The molecule has 0 aromatic carbocycles. The minimum Gasteiger partial charge on any atom is -0.387 e. The van der Waals surface area contributed by atoms with Crippen LogP contribution in [0.3, 0.4) is 0 Å². The summed E-state index contributed by atoms with van der Waals surface area (Å²) in [6.45, 7) is 4.48. The van der Waals surface area contributed by atoms with Crippen molar-refractivity contribution in [3.8, 4) is 0 Å². The molecule has 5 nitrogen and oxygen atoms in total. The van der Waals surface area contributed by atoms with Crippen LogP contribution in [-0.2, 0) is 9.53 Å². The van der Waals surface area contributed by atoms with Gasteiger partial charge in [0, 0.05) is 25.8 Å². The highest BCUT2D eigenvalue weighted by Crippen LogP contribution is 2.02. The first-order chi connectivity index (χ1) is 7.63. The van der Waals surface area contributed by atoms with Crippen molar-refractivity contribution >= 4 is 11.7 Å². The van der Waals surface area contributed by atoms with Gasteiger partial charge in [-0.2, -0.15) is 0 Å². The molecule has 0 spiro atoms. The van der Waals surface area contributed by atoms with E-state index in [9.17, 15) is 4.79 Å². The number of nitrogens with two attached hydrogens (primary N) is 1. The monoisotopic (exact) mass is 227 g/mol. The average molecular weight is 227 g/mol. The maximum atomic E-state index is 11.1. The molecule has 0 aliphatic rings. The standard InChI is InChI=1S/C11H21N3O2/c1-4-9(14-10(12)5-2)6-7-13-11(15)8-16-3/h6H,4-5,7-8H2,1-3H3,(H2,12,14)(H,13,15)/b9-6+. The number of carbonyl (C=O) groups excluding carboxylic acids is 1. The fourth-order valence-electron chi connectivity index (χ4n) is 0.997. The lowest BCUT2D eigenvalue weighted by atomic mass is 10.3. The Morgan fingerprint density at radius 2 is 2.12 bits per heavy atom. The minimum absolute atomic E-state index is 0.0790. The van der Waals surface area contributed by atoms with Gasteiger partial charge in [-0.15, -0.1) is 0 Å². The van der Waals surface area contributed by atoms with Gasteiger partial charge in [-0.3, -0.25) is 4.79 Å². The van der Waals surface area contributed by atoms with E-state index in [0.29, 0.717) is 12.4 Å². The van der Waals surface area contributed by atoms with Crippen LogP contribution < -0.4 is 11.1 Å². The maximum absolute atomic E-state index is 11.1. The van der Waals surface area contributed by atoms with Gasteiger partial charge in [0.25, 0.3) is 0 Å². The molecule has 0 saturated carbocycles. The molecule has 3 N–H and O–H groups in total. The Kier molecular flexibility index (Phi) is 8.15. The third kappa shape index (κ3) is 7.00. The number of hydrogen-bond acceptors (Lipinski definition) is 3. The molecule has 0 atom stereocenters. The molecule has 0 rings (SSSR count). The highest BCUT2D eigenvalue weighted by atomic mass is 16.5. The molecule has 0 heterocycles. The quantitative estimate of drug-likeness (QED) is 0.499. The van der Waals surface area contributed by atoms with Crippen molar-refractivity contribution in [2.24, 2.45) is 10.7 Å². The van der Waals surface area contributed by atoms with Crippen LogP contribution in [0.15, 0.2) is 16.8 Å². The Morgan fingerprint density at radius 3 is 2.62 bits per heavy atom. The van der Waals surface area contributed by atoms with Crippen molar-refractivity contribution in [2.45, 2.75) is 26.7 Å². The van der Waals surface area contributed by atoms with E-state index in [2.05, 4.69) is 15.0 Å². The lowest BCUT2D eigenvalue weighted by molar-refractivity contribution is -0.124. The zero-order chi connectivity index (χ0) is 12.4. The van der Waals surface area contributed by atoms with Crippen LogP contribution in [0.4, 0.5) is 0 Å². The predicted octanol–water partition coefficient (Wildman–Crippen LogP) is 0.810.